The highest BCUT2D eigenvalue weighted by Gasteiger charge is 2.13. The summed E-state index contributed by atoms with van der Waals surface area (Å²) in [5.74, 6) is 0.867. The summed E-state index contributed by atoms with van der Waals surface area (Å²) in [6.07, 6.45) is 1.36. The molecule has 0 aliphatic rings. The second-order valence-electron chi connectivity index (χ2n) is 5.16. The topological polar surface area (TPSA) is 81.3 Å². The quantitative estimate of drug-likeness (QED) is 0.838. The van der Waals surface area contributed by atoms with E-state index < -0.39 is 0 Å². The van der Waals surface area contributed by atoms with Crippen LogP contribution in [-0.2, 0) is 0 Å². The Hall–Kier alpha value is -2.30. The third kappa shape index (κ3) is 2.82. The van der Waals surface area contributed by atoms with E-state index in [9.17, 15) is 5.11 Å². The molecule has 0 atom stereocenters. The van der Waals surface area contributed by atoms with Crippen LogP contribution in [0.1, 0.15) is 36.6 Å². The number of aromatic nitrogens is 2. The van der Waals surface area contributed by atoms with Gasteiger partial charge in [0.05, 0.1) is 11.9 Å². The van der Waals surface area contributed by atoms with Crippen LogP contribution in [0.3, 0.4) is 0 Å². The highest BCUT2D eigenvalue weighted by molar-refractivity contribution is 5.53. The zero-order chi connectivity index (χ0) is 14.9. The van der Waals surface area contributed by atoms with E-state index in [-0.39, 0.29) is 17.7 Å². The smallest absolute Gasteiger partial charge is 0.322 e. The molecule has 0 unspecified atom stereocenters. The Kier molecular flexibility index (Phi) is 3.79. The molecule has 1 heterocycles. The average molecular weight is 273 g/mol. The van der Waals surface area contributed by atoms with Crippen LogP contribution in [0.2, 0.25) is 0 Å². The number of nitrogens with zero attached hydrogens (tertiary/aromatic N) is 2. The lowest BCUT2D eigenvalue weighted by molar-refractivity contribution is 0.413. The molecule has 1 aromatic heterocycles. The molecule has 2 aromatic rings. The molecule has 0 spiro atoms. The van der Waals surface area contributed by atoms with E-state index in [1.54, 1.807) is 0 Å². The first-order chi connectivity index (χ1) is 9.38. The minimum atomic E-state index is 0.0816. The molecule has 0 saturated heterocycles. The first kappa shape index (κ1) is 14.1. The van der Waals surface area contributed by atoms with Crippen LogP contribution in [0.5, 0.6) is 17.5 Å². The number of nitrogens with two attached hydrogens (primary N) is 1. The zero-order valence-electron chi connectivity index (χ0n) is 12.1. The number of hydrogen-bond acceptors (Lipinski definition) is 5. The Morgan fingerprint density at radius 2 is 1.80 bits per heavy atom. The van der Waals surface area contributed by atoms with Crippen LogP contribution in [0.4, 0.5) is 5.69 Å². The average Bonchev–Trinajstić information content (AvgIpc) is 2.35. The summed E-state index contributed by atoms with van der Waals surface area (Å²) in [7, 11) is 0. The maximum absolute atomic E-state index is 9.72. The monoisotopic (exact) mass is 273 g/mol. The molecule has 0 aliphatic heterocycles. The maximum atomic E-state index is 9.72. The predicted molar refractivity (Wildman–Crippen MR) is 78.2 cm³/mol. The summed E-state index contributed by atoms with van der Waals surface area (Å²) >= 11 is 0. The second-order valence-corrected chi connectivity index (χ2v) is 5.16. The Bertz CT molecular complexity index is 616. The molecule has 5 heteroatoms. The number of ether oxygens (including phenoxy) is 1. The van der Waals surface area contributed by atoms with Crippen LogP contribution in [0.25, 0.3) is 0 Å². The third-order valence-corrected chi connectivity index (χ3v) is 3.00. The van der Waals surface area contributed by atoms with Gasteiger partial charge in [-0.1, -0.05) is 13.8 Å². The van der Waals surface area contributed by atoms with Crippen LogP contribution < -0.4 is 10.5 Å². The molecule has 0 aliphatic carbocycles. The van der Waals surface area contributed by atoms with Gasteiger partial charge in [0.25, 0.3) is 0 Å². The Balaban J connectivity index is 2.38. The molecule has 0 saturated carbocycles. The lowest BCUT2D eigenvalue weighted by atomic mass is 10.1. The number of aryl methyl sites for hydroxylation is 2. The zero-order valence-corrected chi connectivity index (χ0v) is 12.1. The standard InChI is InChI=1S/C15H19N3O2/c1-8(2)13-12(19)7-17-15(18-13)20-14-9(3)5-11(16)6-10(14)4/h5-8,19H,16H2,1-4H3. The first-order valence-electron chi connectivity index (χ1n) is 6.49. The van der Waals surface area contributed by atoms with E-state index >= 15 is 0 Å². The maximum Gasteiger partial charge on any atom is 0.322 e. The van der Waals surface area contributed by atoms with Gasteiger partial charge in [-0.05, 0) is 43.0 Å². The van der Waals surface area contributed by atoms with Crippen molar-refractivity contribution < 1.29 is 9.84 Å². The van der Waals surface area contributed by atoms with Gasteiger partial charge in [-0.2, -0.15) is 9.97 Å². The van der Waals surface area contributed by atoms with Gasteiger partial charge >= 0.3 is 6.01 Å². The number of benzene rings is 1. The van der Waals surface area contributed by atoms with E-state index in [0.717, 1.165) is 11.1 Å². The summed E-state index contributed by atoms with van der Waals surface area (Å²) in [5, 5.41) is 9.72. The number of aromatic hydroxyl groups is 1. The van der Waals surface area contributed by atoms with E-state index in [4.69, 9.17) is 10.5 Å². The van der Waals surface area contributed by atoms with Crippen molar-refractivity contribution in [2.75, 3.05) is 5.73 Å². The SMILES string of the molecule is Cc1cc(N)cc(C)c1Oc1ncc(O)c(C(C)C)n1. The minimum Gasteiger partial charge on any atom is -0.504 e. The van der Waals surface area contributed by atoms with Gasteiger partial charge in [0, 0.05) is 5.69 Å². The van der Waals surface area contributed by atoms with Crippen LogP contribution in [-0.4, -0.2) is 15.1 Å². The second kappa shape index (κ2) is 5.36. The number of nitrogen functional groups attached to an aromatic ring is 1. The molecule has 0 fully saturated rings. The lowest BCUT2D eigenvalue weighted by Crippen LogP contribution is -2.01. The summed E-state index contributed by atoms with van der Waals surface area (Å²) in [6, 6.07) is 3.90. The third-order valence-electron chi connectivity index (χ3n) is 3.00. The molecule has 3 N–H and O–H groups in total. The Labute approximate surface area is 118 Å². The molecule has 5 nitrogen and oxygen atoms in total. The molecule has 106 valence electrons. The van der Waals surface area contributed by atoms with Gasteiger partial charge in [0.1, 0.15) is 5.75 Å². The molecular weight excluding hydrogens is 254 g/mol. The van der Waals surface area contributed by atoms with Crippen molar-refractivity contribution in [2.45, 2.75) is 33.6 Å². The van der Waals surface area contributed by atoms with Gasteiger partial charge in [-0.3, -0.25) is 0 Å². The number of anilines is 1. The van der Waals surface area contributed by atoms with Crippen molar-refractivity contribution in [1.82, 2.24) is 9.97 Å². The van der Waals surface area contributed by atoms with Crippen LogP contribution >= 0.6 is 0 Å². The number of hydrogen-bond donors (Lipinski definition) is 2. The van der Waals surface area contributed by atoms with Gasteiger partial charge < -0.3 is 15.6 Å². The molecule has 0 bridgehead atoms. The van der Waals surface area contributed by atoms with E-state index in [2.05, 4.69) is 9.97 Å². The fourth-order valence-corrected chi connectivity index (χ4v) is 2.08. The van der Waals surface area contributed by atoms with Gasteiger partial charge in [-0.25, -0.2) is 0 Å². The van der Waals surface area contributed by atoms with E-state index in [1.807, 2.05) is 39.8 Å². The Morgan fingerprint density at radius 3 is 2.35 bits per heavy atom. The largest absolute Gasteiger partial charge is 0.504 e. The predicted octanol–water partition coefficient (Wildman–Crippen LogP) is 3.30. The van der Waals surface area contributed by atoms with Gasteiger partial charge in [0.15, 0.2) is 5.75 Å². The van der Waals surface area contributed by atoms with Crippen molar-refractivity contribution in [3.8, 4) is 17.5 Å². The highest BCUT2D eigenvalue weighted by atomic mass is 16.5. The van der Waals surface area contributed by atoms with E-state index in [0.29, 0.717) is 17.1 Å². The normalized spacial score (nSPS) is 10.8. The van der Waals surface area contributed by atoms with Crippen LogP contribution in [0.15, 0.2) is 18.3 Å². The first-order valence-corrected chi connectivity index (χ1v) is 6.49. The fraction of sp³-hybridized carbons (Fsp3) is 0.333. The highest BCUT2D eigenvalue weighted by Crippen LogP contribution is 2.31. The summed E-state index contributed by atoms with van der Waals surface area (Å²) in [6.45, 7) is 7.74. The van der Waals surface area contributed by atoms with Crippen molar-refractivity contribution >= 4 is 5.69 Å². The van der Waals surface area contributed by atoms with E-state index in [1.165, 1.54) is 6.20 Å². The number of rotatable bonds is 3. The minimum absolute atomic E-state index is 0.0816. The van der Waals surface area contributed by atoms with Gasteiger partial charge in [-0.15, -0.1) is 0 Å². The molecule has 0 radical (unpaired) electrons. The van der Waals surface area contributed by atoms with Crippen molar-refractivity contribution in [3.05, 3.63) is 35.2 Å². The fourth-order valence-electron chi connectivity index (χ4n) is 2.08. The molecule has 20 heavy (non-hydrogen) atoms. The van der Waals surface area contributed by atoms with Gasteiger partial charge in [0.2, 0.25) is 0 Å². The lowest BCUT2D eigenvalue weighted by Gasteiger charge is -2.13. The summed E-state index contributed by atoms with van der Waals surface area (Å²) in [4.78, 5) is 8.26. The molecule has 1 aromatic carbocycles. The van der Waals surface area contributed by atoms with Crippen molar-refractivity contribution in [3.63, 3.8) is 0 Å². The summed E-state index contributed by atoms with van der Waals surface area (Å²) in [5.41, 5.74) is 8.89. The molecule has 0 amide bonds. The van der Waals surface area contributed by atoms with Crippen LogP contribution in [0, 0.1) is 13.8 Å². The molecule has 2 rings (SSSR count). The summed E-state index contributed by atoms with van der Waals surface area (Å²) < 4.78 is 5.75. The molecular formula is C15H19N3O2. The van der Waals surface area contributed by atoms with Crippen molar-refractivity contribution in [1.29, 1.82) is 0 Å². The Morgan fingerprint density at radius 1 is 1.20 bits per heavy atom. The van der Waals surface area contributed by atoms with Crippen molar-refractivity contribution in [2.24, 2.45) is 0 Å².